The molecule has 0 aliphatic carbocycles. The quantitative estimate of drug-likeness (QED) is 0.208. The molecule has 0 fully saturated rings. The number of ether oxygens (including phenoxy) is 1. The Morgan fingerprint density at radius 1 is 1.02 bits per heavy atom. The summed E-state index contributed by atoms with van der Waals surface area (Å²) in [4.78, 5) is 46.4. The Morgan fingerprint density at radius 2 is 1.81 bits per heavy atom. The minimum Gasteiger partial charge on any atom is -0.493 e. The third-order valence-corrected chi connectivity index (χ3v) is 7.87. The first kappa shape index (κ1) is 29.1. The molecule has 5 rings (SSSR count). The lowest BCUT2D eigenvalue weighted by Crippen LogP contribution is -2.47. The summed E-state index contributed by atoms with van der Waals surface area (Å²) in [6.45, 7) is 7.41. The minimum absolute atomic E-state index is 0.0213. The van der Waals surface area contributed by atoms with Crippen LogP contribution in [0.3, 0.4) is 0 Å². The average molecular weight is 572 g/mol. The largest absolute Gasteiger partial charge is 0.493 e. The molecule has 42 heavy (non-hydrogen) atoms. The van der Waals surface area contributed by atoms with Gasteiger partial charge in [0.25, 0.3) is 5.56 Å². The molecular formula is C32H37N5O5. The molecular weight excluding hydrogens is 534 g/mol. The molecule has 3 aromatic heterocycles. The summed E-state index contributed by atoms with van der Waals surface area (Å²) in [7, 11) is 1.70. The predicted molar refractivity (Wildman–Crippen MR) is 162 cm³/mol. The topological polar surface area (TPSA) is 110 Å². The second kappa shape index (κ2) is 12.2. The SMILES string of the molecule is CCN1C(=O)C(C)(C)C(=O)N(C)c2cc(OCCCNC(CCn3ccc4occc4c3=O)c3ccncc3)ccc21. The zero-order valence-electron chi connectivity index (χ0n) is 24.5. The number of benzene rings is 1. The first-order chi connectivity index (χ1) is 20.2. The number of aromatic nitrogens is 2. The van der Waals surface area contributed by atoms with Gasteiger partial charge in [-0.2, -0.15) is 0 Å². The van der Waals surface area contributed by atoms with Crippen molar-refractivity contribution in [3.63, 3.8) is 0 Å². The number of carbonyl (C=O) groups is 2. The van der Waals surface area contributed by atoms with Gasteiger partial charge in [0.15, 0.2) is 0 Å². The third kappa shape index (κ3) is 5.67. The van der Waals surface area contributed by atoms with Crippen molar-refractivity contribution in [1.29, 1.82) is 0 Å². The van der Waals surface area contributed by atoms with Gasteiger partial charge in [0.2, 0.25) is 11.8 Å². The lowest BCUT2D eigenvalue weighted by atomic mass is 9.90. The van der Waals surface area contributed by atoms with E-state index < -0.39 is 5.41 Å². The van der Waals surface area contributed by atoms with E-state index in [9.17, 15) is 14.4 Å². The lowest BCUT2D eigenvalue weighted by molar-refractivity contribution is -0.137. The second-order valence-electron chi connectivity index (χ2n) is 11.0. The fourth-order valence-electron chi connectivity index (χ4n) is 5.44. The zero-order chi connectivity index (χ0) is 29.9. The molecule has 220 valence electrons. The Balaban J connectivity index is 1.21. The maximum atomic E-state index is 13.1. The van der Waals surface area contributed by atoms with Crippen molar-refractivity contribution < 1.29 is 18.7 Å². The van der Waals surface area contributed by atoms with Gasteiger partial charge in [-0.25, -0.2) is 0 Å². The van der Waals surface area contributed by atoms with Crippen LogP contribution in [0, 0.1) is 5.41 Å². The highest BCUT2D eigenvalue weighted by atomic mass is 16.5. The number of hydrogen-bond acceptors (Lipinski definition) is 7. The van der Waals surface area contributed by atoms with Gasteiger partial charge in [0.05, 0.1) is 29.6 Å². The summed E-state index contributed by atoms with van der Waals surface area (Å²) in [6.07, 6.45) is 8.29. The molecule has 2 amide bonds. The van der Waals surface area contributed by atoms with Gasteiger partial charge in [-0.3, -0.25) is 19.4 Å². The van der Waals surface area contributed by atoms with Gasteiger partial charge < -0.3 is 28.8 Å². The van der Waals surface area contributed by atoms with E-state index in [-0.39, 0.29) is 23.4 Å². The van der Waals surface area contributed by atoms with E-state index in [2.05, 4.69) is 10.3 Å². The predicted octanol–water partition coefficient (Wildman–Crippen LogP) is 4.54. The minimum atomic E-state index is -1.15. The Kier molecular flexibility index (Phi) is 8.44. The van der Waals surface area contributed by atoms with Crippen LogP contribution in [0.15, 0.2) is 76.5 Å². The zero-order valence-corrected chi connectivity index (χ0v) is 24.5. The molecule has 0 spiro atoms. The summed E-state index contributed by atoms with van der Waals surface area (Å²) in [5.41, 5.74) is 1.82. The highest BCUT2D eigenvalue weighted by Gasteiger charge is 2.45. The maximum Gasteiger partial charge on any atom is 0.261 e. The van der Waals surface area contributed by atoms with Gasteiger partial charge >= 0.3 is 0 Å². The number of hydrogen-bond donors (Lipinski definition) is 1. The average Bonchev–Trinajstić information content (AvgIpc) is 3.48. The molecule has 0 radical (unpaired) electrons. The van der Waals surface area contributed by atoms with Crippen molar-refractivity contribution in [3.05, 3.63) is 83.2 Å². The summed E-state index contributed by atoms with van der Waals surface area (Å²) < 4.78 is 13.1. The Hall–Kier alpha value is -4.44. The van der Waals surface area contributed by atoms with Gasteiger partial charge in [0, 0.05) is 50.8 Å². The van der Waals surface area contributed by atoms with E-state index in [4.69, 9.17) is 9.15 Å². The van der Waals surface area contributed by atoms with Crippen molar-refractivity contribution in [2.24, 2.45) is 5.41 Å². The second-order valence-corrected chi connectivity index (χ2v) is 11.0. The summed E-state index contributed by atoms with van der Waals surface area (Å²) in [5.74, 6) is 0.174. The van der Waals surface area contributed by atoms with E-state index in [1.54, 1.807) is 59.9 Å². The molecule has 10 nitrogen and oxygen atoms in total. The number of pyridine rings is 2. The molecule has 4 heterocycles. The van der Waals surface area contributed by atoms with Crippen LogP contribution < -0.4 is 25.4 Å². The Labute approximate surface area is 244 Å². The fourth-order valence-corrected chi connectivity index (χ4v) is 5.44. The number of fused-ring (bicyclic) bond motifs is 2. The molecule has 4 aromatic rings. The van der Waals surface area contributed by atoms with E-state index in [0.717, 1.165) is 12.0 Å². The van der Waals surface area contributed by atoms with Crippen molar-refractivity contribution in [2.75, 3.05) is 36.5 Å². The molecule has 10 heteroatoms. The lowest BCUT2D eigenvalue weighted by Gasteiger charge is -2.27. The van der Waals surface area contributed by atoms with Crippen molar-refractivity contribution in [2.45, 2.75) is 46.2 Å². The molecule has 1 unspecified atom stereocenters. The summed E-state index contributed by atoms with van der Waals surface area (Å²) in [6, 6.07) is 13.0. The number of carbonyl (C=O) groups excluding carboxylic acids is 2. The molecule has 0 saturated heterocycles. The number of aryl methyl sites for hydroxylation is 1. The number of anilines is 2. The number of furan rings is 1. The fraction of sp³-hybridized carbons (Fsp3) is 0.375. The molecule has 1 N–H and O–H groups in total. The van der Waals surface area contributed by atoms with Gasteiger partial charge in [-0.1, -0.05) is 0 Å². The van der Waals surface area contributed by atoms with Crippen molar-refractivity contribution >= 4 is 34.2 Å². The normalized spacial score (nSPS) is 15.5. The number of nitrogens with one attached hydrogen (secondary N) is 1. The molecule has 1 aromatic carbocycles. The van der Waals surface area contributed by atoms with Gasteiger partial charge in [0.1, 0.15) is 16.7 Å². The van der Waals surface area contributed by atoms with Crippen molar-refractivity contribution in [3.8, 4) is 5.75 Å². The molecule has 1 aliphatic rings. The third-order valence-electron chi connectivity index (χ3n) is 7.87. The van der Waals surface area contributed by atoms with Crippen LogP contribution >= 0.6 is 0 Å². The smallest absolute Gasteiger partial charge is 0.261 e. The first-order valence-corrected chi connectivity index (χ1v) is 14.3. The van der Waals surface area contributed by atoms with Crippen LogP contribution in [0.4, 0.5) is 11.4 Å². The molecule has 0 saturated carbocycles. The van der Waals surface area contributed by atoms with E-state index in [1.165, 1.54) is 6.26 Å². The van der Waals surface area contributed by atoms with Crippen LogP contribution in [-0.4, -0.2) is 48.1 Å². The molecule has 1 atom stereocenters. The maximum absolute atomic E-state index is 13.1. The summed E-state index contributed by atoms with van der Waals surface area (Å²) >= 11 is 0. The monoisotopic (exact) mass is 571 g/mol. The van der Waals surface area contributed by atoms with E-state index in [0.29, 0.717) is 60.8 Å². The van der Waals surface area contributed by atoms with Crippen molar-refractivity contribution in [1.82, 2.24) is 14.9 Å². The van der Waals surface area contributed by atoms with Crippen LogP contribution in [0.5, 0.6) is 5.75 Å². The van der Waals surface area contributed by atoms with E-state index in [1.807, 2.05) is 43.3 Å². The van der Waals surface area contributed by atoms with Crippen LogP contribution in [-0.2, 0) is 16.1 Å². The number of amides is 2. The molecule has 1 aliphatic heterocycles. The van der Waals surface area contributed by atoms with Gasteiger partial charge in [-0.15, -0.1) is 0 Å². The van der Waals surface area contributed by atoms with Gasteiger partial charge in [-0.05, 0) is 82.1 Å². The number of nitrogens with zero attached hydrogens (tertiary/aromatic N) is 4. The molecule has 0 bridgehead atoms. The highest BCUT2D eigenvalue weighted by Crippen LogP contribution is 2.40. The highest BCUT2D eigenvalue weighted by molar-refractivity contribution is 6.20. The van der Waals surface area contributed by atoms with Crippen LogP contribution in [0.25, 0.3) is 11.0 Å². The van der Waals surface area contributed by atoms with Crippen LogP contribution in [0.2, 0.25) is 0 Å². The van der Waals surface area contributed by atoms with E-state index >= 15 is 0 Å². The summed E-state index contributed by atoms with van der Waals surface area (Å²) in [5, 5.41) is 4.18. The first-order valence-electron chi connectivity index (χ1n) is 14.3. The number of rotatable bonds is 11. The Bertz CT molecular complexity index is 1630. The van der Waals surface area contributed by atoms with Crippen LogP contribution in [0.1, 0.15) is 45.2 Å². The Morgan fingerprint density at radius 3 is 2.57 bits per heavy atom. The standard InChI is InChI=1S/C32H37N5O5/c1-5-37-26-8-7-23(21-27(26)35(4)30(39)32(2,3)31(37)40)41-19-6-14-34-25(22-9-15-33-16-10-22)11-17-36-18-12-28-24(29(36)38)13-20-42-28/h7-10,12-13,15-16,18,20-21,25,34H,5-6,11,14,17,19H2,1-4H3.